The van der Waals surface area contributed by atoms with Crippen molar-refractivity contribution in [3.63, 3.8) is 0 Å². The van der Waals surface area contributed by atoms with Crippen molar-refractivity contribution >= 4 is 0 Å². The van der Waals surface area contributed by atoms with E-state index in [4.69, 9.17) is 4.74 Å². The van der Waals surface area contributed by atoms with Gasteiger partial charge in [0.2, 0.25) is 0 Å². The van der Waals surface area contributed by atoms with E-state index in [1.807, 2.05) is 6.08 Å². The van der Waals surface area contributed by atoms with Crippen LogP contribution >= 0.6 is 0 Å². The van der Waals surface area contributed by atoms with Crippen molar-refractivity contribution in [3.05, 3.63) is 23.6 Å². The van der Waals surface area contributed by atoms with Crippen molar-refractivity contribution in [3.8, 4) is 0 Å². The SMILES string of the molecule is COC1=CC=C(C)CN1. The molecule has 0 unspecified atom stereocenters. The van der Waals surface area contributed by atoms with Crippen LogP contribution in [0.1, 0.15) is 6.92 Å². The van der Waals surface area contributed by atoms with Gasteiger partial charge < -0.3 is 10.1 Å². The van der Waals surface area contributed by atoms with Gasteiger partial charge in [-0.15, -0.1) is 0 Å². The van der Waals surface area contributed by atoms with Crippen LogP contribution in [0.2, 0.25) is 0 Å². The van der Waals surface area contributed by atoms with E-state index in [1.54, 1.807) is 7.11 Å². The zero-order valence-electron chi connectivity index (χ0n) is 5.77. The summed E-state index contributed by atoms with van der Waals surface area (Å²) >= 11 is 0. The summed E-state index contributed by atoms with van der Waals surface area (Å²) in [7, 11) is 1.66. The molecule has 2 nitrogen and oxygen atoms in total. The topological polar surface area (TPSA) is 21.3 Å². The average Bonchev–Trinajstić information content (AvgIpc) is 1.90. The number of rotatable bonds is 1. The molecule has 1 rings (SSSR count). The largest absolute Gasteiger partial charge is 0.483 e. The summed E-state index contributed by atoms with van der Waals surface area (Å²) in [6.07, 6.45) is 3.98. The zero-order valence-corrected chi connectivity index (χ0v) is 5.77. The molecule has 1 heterocycles. The van der Waals surface area contributed by atoms with Gasteiger partial charge in [0.25, 0.3) is 0 Å². The second-order valence-corrected chi connectivity index (χ2v) is 2.10. The summed E-state index contributed by atoms with van der Waals surface area (Å²) < 4.78 is 4.94. The Bertz CT molecular complexity index is 158. The molecule has 0 fully saturated rings. The lowest BCUT2D eigenvalue weighted by atomic mass is 10.2. The molecule has 0 aromatic heterocycles. The Morgan fingerprint density at radius 3 is 2.78 bits per heavy atom. The molecule has 0 spiro atoms. The highest BCUT2D eigenvalue weighted by Gasteiger charge is 1.98. The number of ether oxygens (including phenoxy) is 1. The minimum absolute atomic E-state index is 0.848. The van der Waals surface area contributed by atoms with E-state index in [0.717, 1.165) is 12.4 Å². The fraction of sp³-hybridized carbons (Fsp3) is 0.429. The van der Waals surface area contributed by atoms with Gasteiger partial charge in [0.15, 0.2) is 5.88 Å². The molecular formula is C7H11NO. The highest BCUT2D eigenvalue weighted by atomic mass is 16.5. The monoisotopic (exact) mass is 125 g/mol. The number of hydrogen-bond acceptors (Lipinski definition) is 2. The van der Waals surface area contributed by atoms with Crippen molar-refractivity contribution in [2.24, 2.45) is 0 Å². The first kappa shape index (κ1) is 6.20. The molecule has 9 heavy (non-hydrogen) atoms. The van der Waals surface area contributed by atoms with Crippen molar-refractivity contribution in [1.29, 1.82) is 0 Å². The summed E-state index contributed by atoms with van der Waals surface area (Å²) in [6, 6.07) is 0. The fourth-order valence-electron chi connectivity index (χ4n) is 0.703. The first-order valence-electron chi connectivity index (χ1n) is 2.98. The predicted octanol–water partition coefficient (Wildman–Crippen LogP) is 1.02. The van der Waals surface area contributed by atoms with E-state index in [1.165, 1.54) is 5.57 Å². The van der Waals surface area contributed by atoms with E-state index in [0.29, 0.717) is 0 Å². The van der Waals surface area contributed by atoms with Crippen molar-refractivity contribution < 1.29 is 4.74 Å². The third kappa shape index (κ3) is 1.49. The second kappa shape index (κ2) is 2.58. The summed E-state index contributed by atoms with van der Waals surface area (Å²) in [5, 5.41) is 3.09. The smallest absolute Gasteiger partial charge is 0.186 e. The van der Waals surface area contributed by atoms with Crippen LogP contribution in [0.5, 0.6) is 0 Å². The second-order valence-electron chi connectivity index (χ2n) is 2.10. The summed E-state index contributed by atoms with van der Waals surface area (Å²) in [5.41, 5.74) is 1.33. The molecule has 2 heteroatoms. The van der Waals surface area contributed by atoms with E-state index in [-0.39, 0.29) is 0 Å². The number of dihydropyridines is 1. The molecule has 0 atom stereocenters. The third-order valence-corrected chi connectivity index (χ3v) is 1.28. The van der Waals surface area contributed by atoms with E-state index in [2.05, 4.69) is 18.3 Å². The maximum absolute atomic E-state index is 4.94. The number of nitrogens with one attached hydrogen (secondary N) is 1. The molecule has 0 aliphatic carbocycles. The van der Waals surface area contributed by atoms with Crippen LogP contribution in [-0.4, -0.2) is 13.7 Å². The number of methoxy groups -OCH3 is 1. The van der Waals surface area contributed by atoms with Gasteiger partial charge in [-0.05, 0) is 13.0 Å². The molecule has 0 saturated carbocycles. The Morgan fingerprint density at radius 1 is 1.56 bits per heavy atom. The molecule has 0 radical (unpaired) electrons. The Morgan fingerprint density at radius 2 is 2.33 bits per heavy atom. The fourth-order valence-corrected chi connectivity index (χ4v) is 0.703. The molecule has 1 N–H and O–H groups in total. The molecule has 1 aliphatic rings. The van der Waals surface area contributed by atoms with Gasteiger partial charge in [-0.25, -0.2) is 0 Å². The van der Waals surface area contributed by atoms with Crippen LogP contribution in [0.25, 0.3) is 0 Å². The van der Waals surface area contributed by atoms with Crippen LogP contribution in [0.3, 0.4) is 0 Å². The molecule has 50 valence electrons. The minimum Gasteiger partial charge on any atom is -0.483 e. The van der Waals surface area contributed by atoms with Gasteiger partial charge in [0, 0.05) is 6.54 Å². The van der Waals surface area contributed by atoms with Gasteiger partial charge in [-0.3, -0.25) is 0 Å². The Labute approximate surface area is 55.2 Å². The van der Waals surface area contributed by atoms with E-state index >= 15 is 0 Å². The molecular weight excluding hydrogens is 114 g/mol. The Balaban J connectivity index is 2.59. The lowest BCUT2D eigenvalue weighted by molar-refractivity contribution is 0.262. The van der Waals surface area contributed by atoms with Crippen LogP contribution in [0, 0.1) is 0 Å². The minimum atomic E-state index is 0.848. The summed E-state index contributed by atoms with van der Waals surface area (Å²) in [4.78, 5) is 0. The highest BCUT2D eigenvalue weighted by molar-refractivity contribution is 5.19. The maximum Gasteiger partial charge on any atom is 0.186 e. The van der Waals surface area contributed by atoms with Gasteiger partial charge >= 0.3 is 0 Å². The van der Waals surface area contributed by atoms with Gasteiger partial charge in [0.1, 0.15) is 0 Å². The molecule has 1 aliphatic heterocycles. The highest BCUT2D eigenvalue weighted by Crippen LogP contribution is 2.01. The van der Waals surface area contributed by atoms with Crippen LogP contribution in [0.15, 0.2) is 23.6 Å². The summed E-state index contributed by atoms with van der Waals surface area (Å²) in [5.74, 6) is 0.848. The van der Waals surface area contributed by atoms with Gasteiger partial charge in [-0.1, -0.05) is 11.6 Å². The zero-order chi connectivity index (χ0) is 6.69. The summed E-state index contributed by atoms with van der Waals surface area (Å²) in [6.45, 7) is 2.98. The molecule has 0 bridgehead atoms. The Kier molecular flexibility index (Phi) is 1.78. The lowest BCUT2D eigenvalue weighted by Gasteiger charge is -2.12. The normalized spacial score (nSPS) is 17.6. The van der Waals surface area contributed by atoms with Crippen molar-refractivity contribution in [2.75, 3.05) is 13.7 Å². The van der Waals surface area contributed by atoms with Crippen LogP contribution in [0.4, 0.5) is 0 Å². The van der Waals surface area contributed by atoms with Crippen molar-refractivity contribution in [1.82, 2.24) is 5.32 Å². The quantitative estimate of drug-likeness (QED) is 0.565. The maximum atomic E-state index is 4.94. The Hall–Kier alpha value is -0.920. The third-order valence-electron chi connectivity index (χ3n) is 1.28. The predicted molar refractivity (Wildman–Crippen MR) is 36.9 cm³/mol. The van der Waals surface area contributed by atoms with Crippen LogP contribution in [-0.2, 0) is 4.74 Å². The molecule has 0 saturated heterocycles. The molecule has 0 amide bonds. The lowest BCUT2D eigenvalue weighted by Crippen LogP contribution is -2.19. The van der Waals surface area contributed by atoms with Crippen molar-refractivity contribution in [2.45, 2.75) is 6.92 Å². The van der Waals surface area contributed by atoms with E-state index < -0.39 is 0 Å². The first-order chi connectivity index (χ1) is 4.33. The number of allylic oxidation sites excluding steroid dienone is 2. The standard InChI is InChI=1S/C7H11NO/c1-6-3-4-7(9-2)8-5-6/h3-4,8H,5H2,1-2H3. The van der Waals surface area contributed by atoms with Crippen LogP contribution < -0.4 is 5.32 Å². The van der Waals surface area contributed by atoms with Gasteiger partial charge in [-0.2, -0.15) is 0 Å². The van der Waals surface area contributed by atoms with Gasteiger partial charge in [0.05, 0.1) is 7.11 Å². The average molecular weight is 125 g/mol. The van der Waals surface area contributed by atoms with E-state index in [9.17, 15) is 0 Å². The first-order valence-corrected chi connectivity index (χ1v) is 2.98. The molecule has 0 aromatic rings. The number of hydrogen-bond donors (Lipinski definition) is 1. The molecule has 0 aromatic carbocycles.